The molecule has 0 bridgehead atoms. The molecule has 124 valence electrons. The monoisotopic (exact) mass is 311 g/mol. The minimum absolute atomic E-state index is 0.773. The van der Waals surface area contributed by atoms with Crippen molar-refractivity contribution >= 4 is 18.0 Å². The van der Waals surface area contributed by atoms with Crippen LogP contribution < -0.4 is 4.90 Å². The number of benzene rings is 1. The first-order chi connectivity index (χ1) is 11.3. The fourth-order valence-electron chi connectivity index (χ4n) is 2.27. The molecule has 1 rings (SSSR count). The number of hydrogen-bond donors (Lipinski definition) is 0. The Balaban J connectivity index is 2.64. The summed E-state index contributed by atoms with van der Waals surface area (Å²) in [5, 5.41) is 0. The number of hydrogen-bond acceptors (Lipinski definition) is 2. The van der Waals surface area contributed by atoms with Gasteiger partial charge in [0.15, 0.2) is 0 Å². The van der Waals surface area contributed by atoms with Crippen molar-refractivity contribution in [1.29, 1.82) is 0 Å². The van der Waals surface area contributed by atoms with Crippen LogP contribution in [0.5, 0.6) is 0 Å². The normalized spacial score (nSPS) is 11.7. The third-order valence-electron chi connectivity index (χ3n) is 3.63. The van der Waals surface area contributed by atoms with Gasteiger partial charge in [-0.15, -0.1) is 0 Å². The predicted molar refractivity (Wildman–Crippen MR) is 102 cm³/mol. The predicted octanol–water partition coefficient (Wildman–Crippen LogP) is 5.42. The van der Waals surface area contributed by atoms with Crippen LogP contribution in [-0.2, 0) is 4.79 Å². The van der Waals surface area contributed by atoms with E-state index in [0.717, 1.165) is 19.4 Å². The summed E-state index contributed by atoms with van der Waals surface area (Å²) in [7, 11) is 0. The smallest absolute Gasteiger partial charge is 0.142 e. The average Bonchev–Trinajstić information content (AvgIpc) is 2.59. The van der Waals surface area contributed by atoms with Crippen molar-refractivity contribution in [2.45, 2.75) is 39.5 Å². The minimum atomic E-state index is 0.773. The van der Waals surface area contributed by atoms with E-state index in [4.69, 9.17) is 0 Å². The molecule has 23 heavy (non-hydrogen) atoms. The second-order valence-electron chi connectivity index (χ2n) is 5.55. The van der Waals surface area contributed by atoms with Gasteiger partial charge in [0.1, 0.15) is 6.29 Å². The van der Waals surface area contributed by atoms with E-state index in [-0.39, 0.29) is 0 Å². The van der Waals surface area contributed by atoms with Gasteiger partial charge in [-0.3, -0.25) is 4.79 Å². The number of unbranched alkanes of at least 4 members (excludes halogenated alkanes) is 2. The van der Waals surface area contributed by atoms with Crippen molar-refractivity contribution in [2.24, 2.45) is 0 Å². The van der Waals surface area contributed by atoms with Crippen LogP contribution in [0.2, 0.25) is 0 Å². The van der Waals surface area contributed by atoms with Crippen LogP contribution in [0.4, 0.5) is 5.69 Å². The van der Waals surface area contributed by atoms with Crippen molar-refractivity contribution in [2.75, 3.05) is 18.0 Å². The molecular formula is C21H29NO. The molecule has 0 saturated carbocycles. The molecule has 1 aromatic carbocycles. The van der Waals surface area contributed by atoms with Crippen LogP contribution in [-0.4, -0.2) is 19.4 Å². The van der Waals surface area contributed by atoms with E-state index in [1.807, 2.05) is 18.2 Å². The fraction of sp³-hybridized carbons (Fsp3) is 0.381. The van der Waals surface area contributed by atoms with E-state index in [2.05, 4.69) is 49.1 Å². The van der Waals surface area contributed by atoms with Gasteiger partial charge >= 0.3 is 0 Å². The van der Waals surface area contributed by atoms with Crippen LogP contribution in [0.15, 0.2) is 54.6 Å². The molecule has 0 heterocycles. The second kappa shape index (κ2) is 12.5. The Kier molecular flexibility index (Phi) is 10.3. The number of aldehydes is 1. The van der Waals surface area contributed by atoms with Crippen molar-refractivity contribution < 1.29 is 4.79 Å². The molecule has 2 heteroatoms. The first kappa shape index (κ1) is 19.0. The zero-order valence-corrected chi connectivity index (χ0v) is 14.4. The third-order valence-corrected chi connectivity index (χ3v) is 3.63. The maximum absolute atomic E-state index is 10.1. The lowest BCUT2D eigenvalue weighted by Gasteiger charge is -2.24. The molecule has 2 nitrogen and oxygen atoms in total. The Morgan fingerprint density at radius 1 is 0.826 bits per heavy atom. The van der Waals surface area contributed by atoms with Gasteiger partial charge in [-0.1, -0.05) is 69.2 Å². The van der Waals surface area contributed by atoms with Crippen molar-refractivity contribution in [3.05, 3.63) is 60.2 Å². The number of allylic oxidation sites excluding steroid dienone is 5. The summed E-state index contributed by atoms with van der Waals surface area (Å²) in [6.45, 7) is 6.75. The first-order valence-corrected chi connectivity index (χ1v) is 8.62. The van der Waals surface area contributed by atoms with Crippen LogP contribution in [0.3, 0.4) is 0 Å². The van der Waals surface area contributed by atoms with Crippen LogP contribution >= 0.6 is 0 Å². The Morgan fingerprint density at radius 3 is 1.96 bits per heavy atom. The molecule has 0 aliphatic heterocycles. The van der Waals surface area contributed by atoms with Crippen LogP contribution in [0.1, 0.15) is 45.1 Å². The number of rotatable bonds is 11. The fourth-order valence-corrected chi connectivity index (χ4v) is 2.27. The Bertz CT molecular complexity index is 503. The highest BCUT2D eigenvalue weighted by Gasteiger charge is 2.04. The number of nitrogens with zero attached hydrogens (tertiary/aromatic N) is 1. The number of anilines is 1. The second-order valence-corrected chi connectivity index (χ2v) is 5.55. The molecule has 1 aromatic rings. The standard InChI is InChI=1S/C21H29NO/c1-3-5-17-22(18-6-4-2)21-15-13-20(14-16-21)12-10-8-7-9-11-19-23/h7-16,19H,3-6,17-18H2,1-2H3/b8-7+,11-9+,12-10+. The Labute approximate surface area is 141 Å². The molecule has 0 amide bonds. The van der Waals surface area contributed by atoms with Gasteiger partial charge in [0.25, 0.3) is 0 Å². The molecule has 0 aliphatic rings. The van der Waals surface area contributed by atoms with Gasteiger partial charge in [-0.25, -0.2) is 0 Å². The molecule has 0 N–H and O–H groups in total. The highest BCUT2D eigenvalue weighted by atomic mass is 16.1. The van der Waals surface area contributed by atoms with Crippen molar-refractivity contribution in [1.82, 2.24) is 0 Å². The highest BCUT2D eigenvalue weighted by molar-refractivity contribution is 5.65. The SMILES string of the molecule is CCCCN(CCCC)c1ccc(/C=C/C=C/C=C/C=O)cc1. The maximum Gasteiger partial charge on any atom is 0.142 e. The maximum atomic E-state index is 10.1. The lowest BCUT2D eigenvalue weighted by atomic mass is 10.1. The summed E-state index contributed by atoms with van der Waals surface area (Å²) in [5.74, 6) is 0. The average molecular weight is 311 g/mol. The van der Waals surface area contributed by atoms with Gasteiger partial charge in [0, 0.05) is 18.8 Å². The molecule has 0 unspecified atom stereocenters. The molecule has 0 saturated heterocycles. The molecule has 0 fully saturated rings. The number of carbonyl (C=O) groups excluding carboxylic acids is 1. The van der Waals surface area contributed by atoms with Crippen LogP contribution in [0, 0.1) is 0 Å². The number of carbonyl (C=O) groups is 1. The molecule has 0 spiro atoms. The van der Waals surface area contributed by atoms with Crippen molar-refractivity contribution in [3.8, 4) is 0 Å². The van der Waals surface area contributed by atoms with Gasteiger partial charge < -0.3 is 4.90 Å². The summed E-state index contributed by atoms with van der Waals surface area (Å²) >= 11 is 0. The summed E-state index contributed by atoms with van der Waals surface area (Å²) in [4.78, 5) is 12.6. The van der Waals surface area contributed by atoms with Crippen LogP contribution in [0.25, 0.3) is 6.08 Å². The van der Waals surface area contributed by atoms with Gasteiger partial charge in [-0.2, -0.15) is 0 Å². The molecule has 0 radical (unpaired) electrons. The summed E-state index contributed by atoms with van der Waals surface area (Å²) in [6, 6.07) is 8.74. The van der Waals surface area contributed by atoms with E-state index < -0.39 is 0 Å². The molecule has 0 aromatic heterocycles. The van der Waals surface area contributed by atoms with E-state index >= 15 is 0 Å². The van der Waals surface area contributed by atoms with Gasteiger partial charge in [0.05, 0.1) is 0 Å². The topological polar surface area (TPSA) is 20.3 Å². The minimum Gasteiger partial charge on any atom is -0.372 e. The summed E-state index contributed by atoms with van der Waals surface area (Å²) in [5.41, 5.74) is 2.50. The van der Waals surface area contributed by atoms with E-state index in [0.29, 0.717) is 0 Å². The third kappa shape index (κ3) is 8.20. The zero-order chi connectivity index (χ0) is 16.8. The molecule has 0 atom stereocenters. The van der Waals surface area contributed by atoms with E-state index in [1.165, 1.54) is 43.0 Å². The largest absolute Gasteiger partial charge is 0.372 e. The lowest BCUT2D eigenvalue weighted by molar-refractivity contribution is -0.104. The summed E-state index contributed by atoms with van der Waals surface area (Å²) < 4.78 is 0. The molecular weight excluding hydrogens is 282 g/mol. The van der Waals surface area contributed by atoms with Crippen molar-refractivity contribution in [3.63, 3.8) is 0 Å². The quantitative estimate of drug-likeness (QED) is 0.309. The molecule has 0 aliphatic carbocycles. The van der Waals surface area contributed by atoms with Gasteiger partial charge in [0.2, 0.25) is 0 Å². The Morgan fingerprint density at radius 2 is 1.39 bits per heavy atom. The Hall–Kier alpha value is -2.09. The zero-order valence-electron chi connectivity index (χ0n) is 14.4. The van der Waals surface area contributed by atoms with E-state index in [1.54, 1.807) is 6.08 Å². The highest BCUT2D eigenvalue weighted by Crippen LogP contribution is 2.17. The summed E-state index contributed by atoms with van der Waals surface area (Å²) in [6.07, 6.45) is 16.7. The van der Waals surface area contributed by atoms with Gasteiger partial charge in [-0.05, 0) is 36.6 Å². The first-order valence-electron chi connectivity index (χ1n) is 8.62. The van der Waals surface area contributed by atoms with E-state index in [9.17, 15) is 4.79 Å². The lowest BCUT2D eigenvalue weighted by Crippen LogP contribution is -2.25.